The average molecular weight is 384 g/mol. The predicted molar refractivity (Wildman–Crippen MR) is 105 cm³/mol. The van der Waals surface area contributed by atoms with Crippen LogP contribution in [0, 0.1) is 5.92 Å². The molecule has 7 heteroatoms. The van der Waals surface area contributed by atoms with E-state index in [1.807, 2.05) is 23.1 Å². The third-order valence-electron chi connectivity index (χ3n) is 5.41. The van der Waals surface area contributed by atoms with Gasteiger partial charge in [0, 0.05) is 12.2 Å². The Morgan fingerprint density at radius 2 is 2.21 bits per heavy atom. The number of carbonyl (C=O) groups excluding carboxylic acids is 1. The number of hydrogen-bond acceptors (Lipinski definition) is 5. The van der Waals surface area contributed by atoms with Gasteiger partial charge in [-0.15, -0.1) is 0 Å². The topological polar surface area (TPSA) is 80.5 Å². The zero-order chi connectivity index (χ0) is 19.3. The van der Waals surface area contributed by atoms with Crippen molar-refractivity contribution in [2.45, 2.75) is 58.1 Å². The number of anilines is 1. The van der Waals surface area contributed by atoms with Gasteiger partial charge in [0.05, 0.1) is 12.6 Å². The molecular formula is C21H28N4O3. The van der Waals surface area contributed by atoms with Gasteiger partial charge in [0.15, 0.2) is 5.82 Å². The molecule has 28 heavy (non-hydrogen) atoms. The van der Waals surface area contributed by atoms with Gasteiger partial charge in [-0.1, -0.05) is 24.2 Å². The van der Waals surface area contributed by atoms with Crippen LogP contribution >= 0.6 is 0 Å². The minimum absolute atomic E-state index is 0.116. The second kappa shape index (κ2) is 8.73. The van der Waals surface area contributed by atoms with Crippen LogP contribution in [-0.2, 0) is 17.8 Å². The first-order valence-electron chi connectivity index (χ1n) is 10.3. The first-order chi connectivity index (χ1) is 13.7. The molecule has 2 fully saturated rings. The summed E-state index contributed by atoms with van der Waals surface area (Å²) in [6.07, 6.45) is 6.30. The fraction of sp³-hybridized carbons (Fsp3) is 0.571. The van der Waals surface area contributed by atoms with Crippen molar-refractivity contribution in [2.24, 2.45) is 5.92 Å². The number of aryl methyl sites for hydroxylation is 1. The number of nitrogens with zero attached hydrogens (tertiary/aromatic N) is 3. The highest BCUT2D eigenvalue weighted by Crippen LogP contribution is 2.31. The summed E-state index contributed by atoms with van der Waals surface area (Å²) in [7, 11) is 0. The van der Waals surface area contributed by atoms with E-state index in [9.17, 15) is 4.79 Å². The Kier molecular flexibility index (Phi) is 5.90. The number of urea groups is 1. The number of hydrogen-bond donors (Lipinski definition) is 1. The lowest BCUT2D eigenvalue weighted by molar-refractivity contribution is 0.0894. The number of rotatable bonds is 7. The van der Waals surface area contributed by atoms with E-state index < -0.39 is 0 Å². The molecule has 2 amide bonds. The molecule has 2 aromatic rings. The summed E-state index contributed by atoms with van der Waals surface area (Å²) in [6, 6.07) is 7.68. The molecule has 1 N–H and O–H groups in total. The lowest BCUT2D eigenvalue weighted by Crippen LogP contribution is -2.41. The van der Waals surface area contributed by atoms with Crippen molar-refractivity contribution in [3.05, 3.63) is 41.5 Å². The number of piperidine rings is 1. The molecule has 1 atom stereocenters. The summed E-state index contributed by atoms with van der Waals surface area (Å²) in [5, 5.41) is 7.16. The molecule has 7 nitrogen and oxygen atoms in total. The van der Waals surface area contributed by atoms with Crippen molar-refractivity contribution >= 4 is 11.7 Å². The molecule has 150 valence electrons. The first kappa shape index (κ1) is 18.9. The number of likely N-dealkylation sites (tertiary alicyclic amines) is 1. The largest absolute Gasteiger partial charge is 0.371 e. The van der Waals surface area contributed by atoms with Crippen LogP contribution in [0.25, 0.3) is 0 Å². The van der Waals surface area contributed by atoms with Crippen LogP contribution in [0.15, 0.2) is 28.8 Å². The van der Waals surface area contributed by atoms with Gasteiger partial charge in [0.1, 0.15) is 6.61 Å². The van der Waals surface area contributed by atoms with E-state index in [2.05, 4.69) is 28.4 Å². The normalized spacial score (nSPS) is 19.6. The smallest absolute Gasteiger partial charge is 0.322 e. The quantitative estimate of drug-likeness (QED) is 0.769. The predicted octanol–water partition coefficient (Wildman–Crippen LogP) is 4.32. The standard InChI is InChI=1S/C21H28N4O3/c1-2-15-6-5-7-17(12-15)22-21(26)25-11-4-3-8-18(25)20-23-19(28-24-20)14-27-13-16-9-10-16/h5-7,12,16,18H,2-4,8-11,13-14H2,1H3,(H,22,26). The van der Waals surface area contributed by atoms with Gasteiger partial charge in [-0.05, 0) is 62.1 Å². The molecule has 1 unspecified atom stereocenters. The lowest BCUT2D eigenvalue weighted by Gasteiger charge is -2.33. The van der Waals surface area contributed by atoms with Crippen molar-refractivity contribution in [3.8, 4) is 0 Å². The maximum atomic E-state index is 12.9. The van der Waals surface area contributed by atoms with Crippen LogP contribution in [0.5, 0.6) is 0 Å². The van der Waals surface area contributed by atoms with E-state index in [-0.39, 0.29) is 12.1 Å². The fourth-order valence-corrected chi connectivity index (χ4v) is 3.57. The average Bonchev–Trinajstić information content (AvgIpc) is 3.43. The summed E-state index contributed by atoms with van der Waals surface area (Å²) >= 11 is 0. The number of aromatic nitrogens is 2. The summed E-state index contributed by atoms with van der Waals surface area (Å²) < 4.78 is 11.0. The van der Waals surface area contributed by atoms with Crippen molar-refractivity contribution in [2.75, 3.05) is 18.5 Å². The van der Waals surface area contributed by atoms with Gasteiger partial charge in [-0.2, -0.15) is 4.98 Å². The molecule has 1 aromatic heterocycles. The molecule has 4 rings (SSSR count). The molecule has 1 saturated heterocycles. The monoisotopic (exact) mass is 384 g/mol. The third kappa shape index (κ3) is 4.70. The van der Waals surface area contributed by atoms with Crippen LogP contribution in [-0.4, -0.2) is 34.2 Å². The molecule has 0 radical (unpaired) electrons. The van der Waals surface area contributed by atoms with Gasteiger partial charge >= 0.3 is 6.03 Å². The number of carbonyl (C=O) groups is 1. The van der Waals surface area contributed by atoms with E-state index in [0.29, 0.717) is 30.8 Å². The number of amides is 2. The summed E-state index contributed by atoms with van der Waals surface area (Å²) in [4.78, 5) is 19.2. The Hall–Kier alpha value is -2.41. The SMILES string of the molecule is CCc1cccc(NC(=O)N2CCCCC2c2noc(COCC3CC3)n2)c1. The Morgan fingerprint density at radius 3 is 3.04 bits per heavy atom. The summed E-state index contributed by atoms with van der Waals surface area (Å²) in [5.41, 5.74) is 2.01. The zero-order valence-corrected chi connectivity index (χ0v) is 16.4. The van der Waals surface area contributed by atoms with E-state index in [1.165, 1.54) is 18.4 Å². The molecule has 1 aliphatic heterocycles. The Labute approximate surface area is 165 Å². The molecule has 0 bridgehead atoms. The minimum Gasteiger partial charge on any atom is -0.371 e. The third-order valence-corrected chi connectivity index (χ3v) is 5.41. The molecular weight excluding hydrogens is 356 g/mol. The molecule has 1 aromatic carbocycles. The Morgan fingerprint density at radius 1 is 1.32 bits per heavy atom. The highest BCUT2D eigenvalue weighted by molar-refractivity contribution is 5.89. The van der Waals surface area contributed by atoms with Crippen LogP contribution in [0.2, 0.25) is 0 Å². The van der Waals surface area contributed by atoms with Crippen molar-refractivity contribution in [1.29, 1.82) is 0 Å². The van der Waals surface area contributed by atoms with Gasteiger partial charge in [-0.25, -0.2) is 4.79 Å². The first-order valence-corrected chi connectivity index (χ1v) is 10.3. The van der Waals surface area contributed by atoms with Crippen molar-refractivity contribution < 1.29 is 14.1 Å². The molecule has 0 spiro atoms. The number of nitrogens with one attached hydrogen (secondary N) is 1. The molecule has 1 aliphatic carbocycles. The number of benzene rings is 1. The van der Waals surface area contributed by atoms with E-state index in [0.717, 1.165) is 38.0 Å². The van der Waals surface area contributed by atoms with Gasteiger partial charge in [0.2, 0.25) is 0 Å². The summed E-state index contributed by atoms with van der Waals surface area (Å²) in [6.45, 7) is 3.88. The van der Waals surface area contributed by atoms with E-state index >= 15 is 0 Å². The highest BCUT2D eigenvalue weighted by atomic mass is 16.5. The minimum atomic E-state index is -0.163. The van der Waals surface area contributed by atoms with E-state index in [4.69, 9.17) is 9.26 Å². The Bertz CT molecular complexity index is 802. The highest BCUT2D eigenvalue weighted by Gasteiger charge is 2.32. The molecule has 2 heterocycles. The van der Waals surface area contributed by atoms with Gasteiger partial charge in [-0.3, -0.25) is 0 Å². The second-order valence-electron chi connectivity index (χ2n) is 7.69. The van der Waals surface area contributed by atoms with Gasteiger partial charge in [0.25, 0.3) is 5.89 Å². The maximum Gasteiger partial charge on any atom is 0.322 e. The lowest BCUT2D eigenvalue weighted by atomic mass is 10.0. The summed E-state index contributed by atoms with van der Waals surface area (Å²) in [5.74, 6) is 1.76. The zero-order valence-electron chi connectivity index (χ0n) is 16.4. The second-order valence-corrected chi connectivity index (χ2v) is 7.69. The van der Waals surface area contributed by atoms with Crippen LogP contribution < -0.4 is 5.32 Å². The van der Waals surface area contributed by atoms with Gasteiger partial charge < -0.3 is 19.5 Å². The van der Waals surface area contributed by atoms with E-state index in [1.54, 1.807) is 0 Å². The van der Waals surface area contributed by atoms with Crippen LogP contribution in [0.3, 0.4) is 0 Å². The van der Waals surface area contributed by atoms with Crippen molar-refractivity contribution in [3.63, 3.8) is 0 Å². The van der Waals surface area contributed by atoms with Crippen LogP contribution in [0.4, 0.5) is 10.5 Å². The number of ether oxygens (including phenoxy) is 1. The van der Waals surface area contributed by atoms with Crippen LogP contribution in [0.1, 0.15) is 62.3 Å². The molecule has 2 aliphatic rings. The Balaban J connectivity index is 1.40. The fourth-order valence-electron chi connectivity index (χ4n) is 3.57. The van der Waals surface area contributed by atoms with Crippen molar-refractivity contribution in [1.82, 2.24) is 15.0 Å². The maximum absolute atomic E-state index is 12.9. The molecule has 1 saturated carbocycles.